The zero-order valence-electron chi connectivity index (χ0n) is 5.06. The van der Waals surface area contributed by atoms with Gasteiger partial charge in [-0.15, -0.1) is 0 Å². The second kappa shape index (κ2) is 2.43. The highest BCUT2D eigenvalue weighted by atomic mass is 16.6. The smallest absolute Gasteiger partial charge is 0.250 e. The quantitative estimate of drug-likeness (QED) is 0.388. The van der Waals surface area contributed by atoms with Crippen LogP contribution in [0.3, 0.4) is 0 Å². The van der Waals surface area contributed by atoms with E-state index in [0.717, 1.165) is 0 Å². The topological polar surface area (TPSA) is 60.2 Å². The first-order valence-corrected chi connectivity index (χ1v) is 2.74. The lowest BCUT2D eigenvalue weighted by Crippen LogP contribution is -2.16. The zero-order chi connectivity index (χ0) is 7.56. The standard InChI is InChI=1S/C6H5NO3/c8-6-3-1-5(2-4-6)7(9)10/h1-5H. The van der Waals surface area contributed by atoms with Gasteiger partial charge in [-0.25, -0.2) is 0 Å². The Hall–Kier alpha value is -1.45. The lowest BCUT2D eigenvalue weighted by Gasteiger charge is -1.99. The molecule has 4 heteroatoms. The molecule has 0 saturated carbocycles. The molecular weight excluding hydrogens is 134 g/mol. The highest BCUT2D eigenvalue weighted by Gasteiger charge is 2.14. The number of carbonyl (C=O) groups excluding carboxylic acids is 1. The van der Waals surface area contributed by atoms with Gasteiger partial charge in [-0.2, -0.15) is 0 Å². The minimum atomic E-state index is -0.822. The number of allylic oxidation sites excluding steroid dienone is 2. The predicted molar refractivity (Wildman–Crippen MR) is 34.1 cm³/mol. The van der Waals surface area contributed by atoms with Gasteiger partial charge < -0.3 is 0 Å². The van der Waals surface area contributed by atoms with Gasteiger partial charge in [-0.05, 0) is 24.3 Å². The molecular formula is C6H5NO3. The molecule has 0 aromatic carbocycles. The van der Waals surface area contributed by atoms with E-state index in [4.69, 9.17) is 0 Å². The van der Waals surface area contributed by atoms with E-state index < -0.39 is 11.0 Å². The third kappa shape index (κ3) is 1.28. The molecule has 0 bridgehead atoms. The van der Waals surface area contributed by atoms with Crippen molar-refractivity contribution in [2.75, 3.05) is 0 Å². The van der Waals surface area contributed by atoms with E-state index in [0.29, 0.717) is 0 Å². The number of hydrogen-bond acceptors (Lipinski definition) is 3. The van der Waals surface area contributed by atoms with Crippen LogP contribution in [0.1, 0.15) is 0 Å². The van der Waals surface area contributed by atoms with Crippen LogP contribution in [0.5, 0.6) is 0 Å². The Morgan fingerprint density at radius 3 is 2.30 bits per heavy atom. The summed E-state index contributed by atoms with van der Waals surface area (Å²) in [7, 11) is 0. The molecule has 1 aliphatic carbocycles. The van der Waals surface area contributed by atoms with E-state index >= 15 is 0 Å². The molecule has 0 fully saturated rings. The Morgan fingerprint density at radius 2 is 1.90 bits per heavy atom. The molecule has 0 heterocycles. The van der Waals surface area contributed by atoms with Gasteiger partial charge in [0.1, 0.15) is 0 Å². The van der Waals surface area contributed by atoms with E-state index in [9.17, 15) is 14.9 Å². The highest BCUT2D eigenvalue weighted by Crippen LogP contribution is 2.01. The van der Waals surface area contributed by atoms with Crippen molar-refractivity contribution in [1.29, 1.82) is 0 Å². The van der Waals surface area contributed by atoms with Crippen molar-refractivity contribution in [3.8, 4) is 0 Å². The molecule has 0 amide bonds. The van der Waals surface area contributed by atoms with Crippen LogP contribution in [-0.2, 0) is 4.79 Å². The summed E-state index contributed by atoms with van der Waals surface area (Å²) >= 11 is 0. The van der Waals surface area contributed by atoms with E-state index in [1.165, 1.54) is 24.3 Å². The predicted octanol–water partition coefficient (Wildman–Crippen LogP) is 0.327. The highest BCUT2D eigenvalue weighted by molar-refractivity contribution is 6.00. The summed E-state index contributed by atoms with van der Waals surface area (Å²) in [5, 5.41) is 10.1. The summed E-state index contributed by atoms with van der Waals surface area (Å²) in [5.74, 6) is -0.196. The summed E-state index contributed by atoms with van der Waals surface area (Å²) in [5.41, 5.74) is 0. The van der Waals surface area contributed by atoms with Crippen molar-refractivity contribution < 1.29 is 9.72 Å². The third-order valence-electron chi connectivity index (χ3n) is 1.16. The Bertz CT molecular complexity index is 213. The van der Waals surface area contributed by atoms with Gasteiger partial charge in [0.2, 0.25) is 6.04 Å². The molecule has 10 heavy (non-hydrogen) atoms. The van der Waals surface area contributed by atoms with Gasteiger partial charge in [0, 0.05) is 4.92 Å². The van der Waals surface area contributed by atoms with Crippen molar-refractivity contribution >= 4 is 5.78 Å². The Morgan fingerprint density at radius 1 is 1.40 bits per heavy atom. The molecule has 1 rings (SSSR count). The van der Waals surface area contributed by atoms with Crippen LogP contribution in [0.2, 0.25) is 0 Å². The fraction of sp³-hybridized carbons (Fsp3) is 0.167. The van der Waals surface area contributed by atoms with Crippen LogP contribution < -0.4 is 0 Å². The maximum Gasteiger partial charge on any atom is 0.250 e. The average Bonchev–Trinajstić information content (AvgIpc) is 1.88. The van der Waals surface area contributed by atoms with Gasteiger partial charge in [-0.3, -0.25) is 14.9 Å². The largest absolute Gasteiger partial charge is 0.290 e. The second-order valence-electron chi connectivity index (χ2n) is 1.90. The van der Waals surface area contributed by atoms with Crippen molar-refractivity contribution in [2.45, 2.75) is 6.04 Å². The number of hydrogen-bond donors (Lipinski definition) is 0. The Labute approximate surface area is 57.0 Å². The monoisotopic (exact) mass is 139 g/mol. The molecule has 0 spiro atoms. The number of ketones is 1. The average molecular weight is 139 g/mol. The minimum absolute atomic E-state index is 0.196. The van der Waals surface area contributed by atoms with Gasteiger partial charge in [0.25, 0.3) is 0 Å². The number of carbonyl (C=O) groups is 1. The zero-order valence-corrected chi connectivity index (χ0v) is 5.06. The fourth-order valence-electron chi connectivity index (χ4n) is 0.647. The Kier molecular flexibility index (Phi) is 1.62. The van der Waals surface area contributed by atoms with Gasteiger partial charge in [0.05, 0.1) is 0 Å². The molecule has 4 nitrogen and oxygen atoms in total. The molecule has 1 aliphatic rings. The van der Waals surface area contributed by atoms with Gasteiger partial charge in [0.15, 0.2) is 5.78 Å². The summed E-state index contributed by atoms with van der Waals surface area (Å²) < 4.78 is 0. The summed E-state index contributed by atoms with van der Waals surface area (Å²) in [4.78, 5) is 20.0. The van der Waals surface area contributed by atoms with E-state index in [1.807, 2.05) is 0 Å². The maximum absolute atomic E-state index is 10.4. The van der Waals surface area contributed by atoms with Crippen LogP contribution in [-0.4, -0.2) is 16.7 Å². The molecule has 0 atom stereocenters. The number of nitro groups is 1. The first kappa shape index (κ1) is 6.67. The SMILES string of the molecule is O=C1C=CC([N+](=O)[O-])C=C1. The molecule has 0 N–H and O–H groups in total. The molecule has 0 saturated heterocycles. The summed E-state index contributed by atoms with van der Waals surface area (Å²) in [6.45, 7) is 0. The maximum atomic E-state index is 10.4. The normalized spacial score (nSPS) is 17.8. The molecule has 52 valence electrons. The van der Waals surface area contributed by atoms with E-state index in [-0.39, 0.29) is 5.78 Å². The molecule has 0 radical (unpaired) electrons. The van der Waals surface area contributed by atoms with Crippen LogP contribution in [0.25, 0.3) is 0 Å². The summed E-state index contributed by atoms with van der Waals surface area (Å²) in [6.07, 6.45) is 4.94. The van der Waals surface area contributed by atoms with E-state index in [1.54, 1.807) is 0 Å². The lowest BCUT2D eigenvalue weighted by atomic mass is 10.1. The second-order valence-corrected chi connectivity index (χ2v) is 1.90. The fourth-order valence-corrected chi connectivity index (χ4v) is 0.647. The number of rotatable bonds is 1. The minimum Gasteiger partial charge on any atom is -0.290 e. The van der Waals surface area contributed by atoms with Gasteiger partial charge in [-0.1, -0.05) is 0 Å². The molecule has 0 aliphatic heterocycles. The first-order chi connectivity index (χ1) is 4.70. The van der Waals surface area contributed by atoms with Crippen molar-refractivity contribution in [2.24, 2.45) is 0 Å². The van der Waals surface area contributed by atoms with Crippen LogP contribution in [0.4, 0.5) is 0 Å². The van der Waals surface area contributed by atoms with Crippen molar-refractivity contribution in [3.05, 3.63) is 34.4 Å². The van der Waals surface area contributed by atoms with Gasteiger partial charge >= 0.3 is 0 Å². The van der Waals surface area contributed by atoms with E-state index in [2.05, 4.69) is 0 Å². The third-order valence-corrected chi connectivity index (χ3v) is 1.16. The lowest BCUT2D eigenvalue weighted by molar-refractivity contribution is -0.496. The van der Waals surface area contributed by atoms with Crippen LogP contribution in [0, 0.1) is 10.1 Å². The Balaban J connectivity index is 2.71. The molecule has 0 aromatic rings. The summed E-state index contributed by atoms with van der Waals surface area (Å²) in [6, 6.07) is -0.822. The van der Waals surface area contributed by atoms with Crippen molar-refractivity contribution in [3.63, 3.8) is 0 Å². The first-order valence-electron chi connectivity index (χ1n) is 2.74. The molecule has 0 unspecified atom stereocenters. The van der Waals surface area contributed by atoms with Crippen LogP contribution in [0.15, 0.2) is 24.3 Å². The number of nitrogens with zero attached hydrogens (tertiary/aromatic N) is 1. The molecule has 0 aromatic heterocycles. The van der Waals surface area contributed by atoms with Crippen molar-refractivity contribution in [1.82, 2.24) is 0 Å². The van der Waals surface area contributed by atoms with Crippen LogP contribution >= 0.6 is 0 Å².